The normalized spacial score (nSPS) is 17.9. The predicted octanol–water partition coefficient (Wildman–Crippen LogP) is 0.290. The highest BCUT2D eigenvalue weighted by atomic mass is 32.1. The van der Waals surface area contributed by atoms with Gasteiger partial charge in [-0.15, -0.1) is 0 Å². The first-order valence-corrected chi connectivity index (χ1v) is 6.02. The largest absolute Gasteiger partial charge is 0.388 e. The van der Waals surface area contributed by atoms with Crippen LogP contribution in [0.5, 0.6) is 0 Å². The van der Waals surface area contributed by atoms with E-state index >= 15 is 0 Å². The Morgan fingerprint density at radius 2 is 2.12 bits per heavy atom. The Kier molecular flexibility index (Phi) is 3.88. The van der Waals surface area contributed by atoms with E-state index < -0.39 is 0 Å². The van der Waals surface area contributed by atoms with E-state index in [0.717, 1.165) is 31.9 Å². The third-order valence-corrected chi connectivity index (χ3v) is 3.02. The van der Waals surface area contributed by atoms with E-state index in [-0.39, 0.29) is 0 Å². The van der Waals surface area contributed by atoms with Gasteiger partial charge in [0.25, 0.3) is 0 Å². The van der Waals surface area contributed by atoms with Gasteiger partial charge in [0.05, 0.1) is 5.69 Å². The highest BCUT2D eigenvalue weighted by Crippen LogP contribution is 2.13. The number of hydrogen-bond donors (Lipinski definition) is 2. The molecule has 1 aromatic rings. The Morgan fingerprint density at radius 1 is 1.41 bits per heavy atom. The van der Waals surface area contributed by atoms with Crippen LogP contribution in [0.3, 0.4) is 0 Å². The summed E-state index contributed by atoms with van der Waals surface area (Å²) in [7, 11) is 2.13. The number of piperazine rings is 1. The molecule has 92 valence electrons. The van der Waals surface area contributed by atoms with Crippen LogP contribution in [0.1, 0.15) is 5.69 Å². The van der Waals surface area contributed by atoms with Gasteiger partial charge in [-0.2, -0.15) is 0 Å². The Balaban J connectivity index is 2.05. The van der Waals surface area contributed by atoms with Gasteiger partial charge in [-0.1, -0.05) is 12.2 Å². The molecular formula is C11H17N5S. The first-order valence-electron chi connectivity index (χ1n) is 5.62. The SMILES string of the molecule is CN1CCN(Nc2cccnc2C(N)=S)CC1. The second-order valence-corrected chi connectivity index (χ2v) is 4.61. The Morgan fingerprint density at radius 3 is 2.76 bits per heavy atom. The minimum absolute atomic E-state index is 0.322. The zero-order valence-electron chi connectivity index (χ0n) is 9.89. The molecule has 0 aromatic carbocycles. The van der Waals surface area contributed by atoms with Crippen LogP contribution in [0.25, 0.3) is 0 Å². The van der Waals surface area contributed by atoms with Crippen molar-refractivity contribution in [2.45, 2.75) is 0 Å². The standard InChI is InChI=1S/C11H17N5S/c1-15-5-7-16(8-6-15)14-9-3-2-4-13-10(9)11(12)17/h2-4,14H,5-8H2,1H3,(H2,12,17). The molecule has 0 saturated carbocycles. The number of thiocarbonyl (C=S) groups is 1. The number of likely N-dealkylation sites (N-methyl/N-ethyl adjacent to an activating group) is 1. The van der Waals surface area contributed by atoms with Crippen molar-refractivity contribution >= 4 is 22.9 Å². The summed E-state index contributed by atoms with van der Waals surface area (Å²) in [5, 5.41) is 2.17. The van der Waals surface area contributed by atoms with Crippen LogP contribution in [-0.2, 0) is 0 Å². The number of hydrogen-bond acceptors (Lipinski definition) is 5. The molecule has 1 aromatic heterocycles. The van der Waals surface area contributed by atoms with Crippen LogP contribution >= 0.6 is 12.2 Å². The van der Waals surface area contributed by atoms with Gasteiger partial charge in [-0.25, -0.2) is 5.01 Å². The van der Waals surface area contributed by atoms with Gasteiger partial charge in [0.15, 0.2) is 0 Å². The molecule has 5 nitrogen and oxygen atoms in total. The average molecular weight is 251 g/mol. The first-order chi connectivity index (χ1) is 8.16. The number of nitrogens with two attached hydrogens (primary N) is 1. The van der Waals surface area contributed by atoms with E-state index in [1.54, 1.807) is 6.20 Å². The zero-order valence-corrected chi connectivity index (χ0v) is 10.7. The zero-order chi connectivity index (χ0) is 12.3. The molecule has 2 rings (SSSR count). The highest BCUT2D eigenvalue weighted by Gasteiger charge is 2.15. The van der Waals surface area contributed by atoms with E-state index in [0.29, 0.717) is 10.7 Å². The third-order valence-electron chi connectivity index (χ3n) is 2.82. The fourth-order valence-corrected chi connectivity index (χ4v) is 1.94. The molecule has 3 N–H and O–H groups in total. The molecule has 0 unspecified atom stereocenters. The number of pyridine rings is 1. The number of hydrazine groups is 1. The summed E-state index contributed by atoms with van der Waals surface area (Å²) >= 11 is 4.98. The maximum absolute atomic E-state index is 5.64. The molecule has 2 heterocycles. The second-order valence-electron chi connectivity index (χ2n) is 4.17. The predicted molar refractivity (Wildman–Crippen MR) is 72.8 cm³/mol. The fourth-order valence-electron chi connectivity index (χ4n) is 1.78. The summed E-state index contributed by atoms with van der Waals surface area (Å²) in [4.78, 5) is 6.82. The Bertz CT molecular complexity index is 401. The maximum Gasteiger partial charge on any atom is 0.124 e. The molecule has 0 spiro atoms. The maximum atomic E-state index is 5.64. The molecule has 1 saturated heterocycles. The number of aromatic nitrogens is 1. The summed E-state index contributed by atoms with van der Waals surface area (Å²) < 4.78 is 0. The lowest BCUT2D eigenvalue weighted by atomic mass is 10.3. The molecule has 6 heteroatoms. The van der Waals surface area contributed by atoms with Crippen LogP contribution in [0, 0.1) is 0 Å². The van der Waals surface area contributed by atoms with E-state index in [1.807, 2.05) is 12.1 Å². The van der Waals surface area contributed by atoms with Crippen molar-refractivity contribution in [2.75, 3.05) is 38.7 Å². The van der Waals surface area contributed by atoms with Crippen LogP contribution < -0.4 is 11.2 Å². The first kappa shape index (κ1) is 12.2. The van der Waals surface area contributed by atoms with Crippen LogP contribution in [0.4, 0.5) is 5.69 Å². The number of rotatable bonds is 3. The lowest BCUT2D eigenvalue weighted by Gasteiger charge is -2.33. The summed E-state index contributed by atoms with van der Waals surface area (Å²) in [6, 6.07) is 3.82. The van der Waals surface area contributed by atoms with Gasteiger partial charge in [0.2, 0.25) is 0 Å². The van der Waals surface area contributed by atoms with Crippen molar-refractivity contribution in [3.63, 3.8) is 0 Å². The van der Waals surface area contributed by atoms with Crippen LogP contribution in [0.2, 0.25) is 0 Å². The highest BCUT2D eigenvalue weighted by molar-refractivity contribution is 7.80. The number of nitrogens with one attached hydrogen (secondary N) is 1. The lowest BCUT2D eigenvalue weighted by molar-refractivity contribution is 0.179. The summed E-state index contributed by atoms with van der Waals surface area (Å²) in [5.41, 5.74) is 10.5. The quantitative estimate of drug-likeness (QED) is 0.753. The minimum atomic E-state index is 0.322. The topological polar surface area (TPSA) is 57.4 Å². The lowest BCUT2D eigenvalue weighted by Crippen LogP contribution is -2.47. The molecule has 0 aliphatic carbocycles. The molecule has 0 amide bonds. The minimum Gasteiger partial charge on any atom is -0.388 e. The van der Waals surface area contributed by atoms with E-state index in [1.165, 1.54) is 0 Å². The molecular weight excluding hydrogens is 234 g/mol. The van der Waals surface area contributed by atoms with Gasteiger partial charge >= 0.3 is 0 Å². The summed E-state index contributed by atoms with van der Waals surface area (Å²) in [5.74, 6) is 0. The van der Waals surface area contributed by atoms with Crippen LogP contribution in [0.15, 0.2) is 18.3 Å². The van der Waals surface area contributed by atoms with Crippen molar-refractivity contribution in [3.8, 4) is 0 Å². The Hall–Kier alpha value is -1.24. The van der Waals surface area contributed by atoms with Crippen molar-refractivity contribution in [2.24, 2.45) is 5.73 Å². The molecule has 1 aliphatic rings. The van der Waals surface area contributed by atoms with Crippen LogP contribution in [-0.4, -0.2) is 53.1 Å². The molecule has 17 heavy (non-hydrogen) atoms. The van der Waals surface area contributed by atoms with Gasteiger partial charge in [-0.3, -0.25) is 4.98 Å². The summed E-state index contributed by atoms with van der Waals surface area (Å²) in [6.45, 7) is 4.05. The van der Waals surface area contributed by atoms with E-state index in [2.05, 4.69) is 27.4 Å². The number of anilines is 1. The van der Waals surface area contributed by atoms with Gasteiger partial charge in [0, 0.05) is 32.4 Å². The monoisotopic (exact) mass is 251 g/mol. The fraction of sp³-hybridized carbons (Fsp3) is 0.455. The Labute approximate surface area is 107 Å². The van der Waals surface area contributed by atoms with E-state index in [9.17, 15) is 0 Å². The average Bonchev–Trinajstić information content (AvgIpc) is 2.32. The van der Waals surface area contributed by atoms with Gasteiger partial charge < -0.3 is 16.1 Å². The second kappa shape index (κ2) is 5.39. The third kappa shape index (κ3) is 3.12. The molecule has 0 radical (unpaired) electrons. The van der Waals surface area contributed by atoms with E-state index in [4.69, 9.17) is 18.0 Å². The van der Waals surface area contributed by atoms with Gasteiger partial charge in [-0.05, 0) is 19.2 Å². The molecule has 0 bridgehead atoms. The van der Waals surface area contributed by atoms with Crippen molar-refractivity contribution in [3.05, 3.63) is 24.0 Å². The smallest absolute Gasteiger partial charge is 0.124 e. The summed E-state index contributed by atoms with van der Waals surface area (Å²) in [6.07, 6.45) is 1.70. The van der Waals surface area contributed by atoms with Crippen molar-refractivity contribution in [1.82, 2.24) is 14.9 Å². The van der Waals surface area contributed by atoms with Gasteiger partial charge in [0.1, 0.15) is 10.7 Å². The number of nitrogens with zero attached hydrogens (tertiary/aromatic N) is 3. The molecule has 1 aliphatic heterocycles. The van der Waals surface area contributed by atoms with Crippen molar-refractivity contribution in [1.29, 1.82) is 0 Å². The molecule has 1 fully saturated rings. The van der Waals surface area contributed by atoms with Crippen molar-refractivity contribution < 1.29 is 0 Å². The molecule has 0 atom stereocenters.